The van der Waals surface area contributed by atoms with Crippen molar-refractivity contribution >= 4 is 11.7 Å². The molecule has 0 atom stereocenters. The summed E-state index contributed by atoms with van der Waals surface area (Å²) in [6.45, 7) is 2.92. The first kappa shape index (κ1) is 16.1. The van der Waals surface area contributed by atoms with Crippen LogP contribution in [-0.4, -0.2) is 23.5 Å². The molecule has 0 saturated heterocycles. The van der Waals surface area contributed by atoms with E-state index in [0.29, 0.717) is 18.3 Å². The highest BCUT2D eigenvalue weighted by Crippen LogP contribution is 2.49. The maximum atomic E-state index is 12.8. The number of rotatable bonds is 6. The van der Waals surface area contributed by atoms with Crippen LogP contribution in [-0.2, 0) is 4.79 Å². The molecule has 4 N–H and O–H groups in total. The summed E-state index contributed by atoms with van der Waals surface area (Å²) in [6, 6.07) is 0. The average Bonchev–Trinajstić information content (AvgIpc) is 3.28. The number of hydrogen-bond acceptors (Lipinski definition) is 3. The molecule has 0 spiro atoms. The topological polar surface area (TPSA) is 87.7 Å². The van der Waals surface area contributed by atoms with Gasteiger partial charge in [0.25, 0.3) is 0 Å². The molecule has 0 heterocycles. The fourth-order valence-corrected chi connectivity index (χ4v) is 3.69. The Hall–Kier alpha value is -1.26. The molecule has 0 unspecified atom stereocenters. The van der Waals surface area contributed by atoms with Gasteiger partial charge in [0.15, 0.2) is 5.84 Å². The molecule has 0 aromatic carbocycles. The van der Waals surface area contributed by atoms with Crippen LogP contribution in [0, 0.1) is 10.8 Å². The maximum absolute atomic E-state index is 12.8. The molecule has 0 aromatic rings. The Balaban J connectivity index is 2.04. The van der Waals surface area contributed by atoms with Crippen LogP contribution in [0.15, 0.2) is 5.16 Å². The number of carbonyl (C=O) groups is 1. The Bertz CT molecular complexity index is 394. The van der Waals surface area contributed by atoms with Crippen LogP contribution in [0.4, 0.5) is 0 Å². The van der Waals surface area contributed by atoms with Crippen LogP contribution in [0.5, 0.6) is 0 Å². The van der Waals surface area contributed by atoms with Crippen LogP contribution >= 0.6 is 0 Å². The molecular weight excluding hydrogens is 266 g/mol. The highest BCUT2D eigenvalue weighted by Gasteiger charge is 2.46. The first-order chi connectivity index (χ1) is 10.1. The molecule has 0 bridgehead atoms. The van der Waals surface area contributed by atoms with Crippen molar-refractivity contribution in [2.45, 2.75) is 71.1 Å². The van der Waals surface area contributed by atoms with Gasteiger partial charge in [-0.25, -0.2) is 0 Å². The molecule has 5 nitrogen and oxygen atoms in total. The van der Waals surface area contributed by atoms with Gasteiger partial charge in [-0.1, -0.05) is 44.2 Å². The lowest BCUT2D eigenvalue weighted by atomic mass is 9.78. The first-order valence-electron chi connectivity index (χ1n) is 8.35. The number of amidine groups is 1. The number of hydrogen-bond donors (Lipinski definition) is 3. The van der Waals surface area contributed by atoms with Gasteiger partial charge in [-0.05, 0) is 37.5 Å². The van der Waals surface area contributed by atoms with Crippen molar-refractivity contribution in [2.24, 2.45) is 21.7 Å². The highest BCUT2D eigenvalue weighted by atomic mass is 16.4. The van der Waals surface area contributed by atoms with Crippen molar-refractivity contribution in [1.82, 2.24) is 5.32 Å². The Morgan fingerprint density at radius 3 is 2.29 bits per heavy atom. The molecule has 0 aromatic heterocycles. The Morgan fingerprint density at radius 2 is 1.81 bits per heavy atom. The van der Waals surface area contributed by atoms with Gasteiger partial charge in [0.2, 0.25) is 5.91 Å². The predicted octanol–water partition coefficient (Wildman–Crippen LogP) is 2.77. The number of oxime groups is 1. The van der Waals surface area contributed by atoms with E-state index >= 15 is 0 Å². The number of amides is 1. The minimum Gasteiger partial charge on any atom is -0.409 e. The van der Waals surface area contributed by atoms with Crippen molar-refractivity contribution in [3.05, 3.63) is 0 Å². The molecule has 2 aliphatic rings. The minimum absolute atomic E-state index is 0.0397. The highest BCUT2D eigenvalue weighted by molar-refractivity contribution is 6.06. The third-order valence-electron chi connectivity index (χ3n) is 5.35. The second-order valence-corrected chi connectivity index (χ2v) is 6.91. The zero-order valence-corrected chi connectivity index (χ0v) is 13.2. The summed E-state index contributed by atoms with van der Waals surface area (Å²) in [7, 11) is 0. The second kappa shape index (κ2) is 6.67. The van der Waals surface area contributed by atoms with Crippen molar-refractivity contribution < 1.29 is 10.0 Å². The lowest BCUT2D eigenvalue weighted by Gasteiger charge is -2.30. The third kappa shape index (κ3) is 3.50. The van der Waals surface area contributed by atoms with Crippen LogP contribution in [0.25, 0.3) is 0 Å². The Morgan fingerprint density at radius 1 is 1.19 bits per heavy atom. The molecule has 21 heavy (non-hydrogen) atoms. The van der Waals surface area contributed by atoms with Gasteiger partial charge in [0.05, 0.1) is 0 Å². The predicted molar refractivity (Wildman–Crippen MR) is 83.1 cm³/mol. The minimum atomic E-state index is -0.798. The van der Waals surface area contributed by atoms with Crippen molar-refractivity contribution in [1.29, 1.82) is 0 Å². The number of nitrogens with two attached hydrogens (primary N) is 1. The first-order valence-corrected chi connectivity index (χ1v) is 8.35. The second-order valence-electron chi connectivity index (χ2n) is 6.91. The normalized spacial score (nSPS) is 24.1. The van der Waals surface area contributed by atoms with Crippen LogP contribution < -0.4 is 11.1 Å². The van der Waals surface area contributed by atoms with Gasteiger partial charge < -0.3 is 16.3 Å². The molecule has 5 heteroatoms. The molecule has 0 radical (unpaired) electrons. The van der Waals surface area contributed by atoms with Gasteiger partial charge in [-0.3, -0.25) is 4.79 Å². The fourth-order valence-electron chi connectivity index (χ4n) is 3.69. The summed E-state index contributed by atoms with van der Waals surface area (Å²) in [5.41, 5.74) is 5.43. The van der Waals surface area contributed by atoms with E-state index in [1.54, 1.807) is 0 Å². The van der Waals surface area contributed by atoms with E-state index in [2.05, 4.69) is 17.4 Å². The van der Waals surface area contributed by atoms with E-state index in [0.717, 1.165) is 38.6 Å². The molecule has 2 aliphatic carbocycles. The fraction of sp³-hybridized carbons (Fsp3) is 0.875. The summed E-state index contributed by atoms with van der Waals surface area (Å²) >= 11 is 0. The molecule has 120 valence electrons. The SMILES string of the molecule is CCCC1(CNC(=O)C2(C(N)=NO)CCCCCC2)CC1. The molecule has 0 aliphatic heterocycles. The summed E-state index contributed by atoms with van der Waals surface area (Å²) in [6.07, 6.45) is 10.3. The lowest BCUT2D eigenvalue weighted by molar-refractivity contribution is -0.128. The quantitative estimate of drug-likeness (QED) is 0.231. The molecule has 2 rings (SSSR count). The van der Waals surface area contributed by atoms with Crippen molar-refractivity contribution in [3.8, 4) is 0 Å². The van der Waals surface area contributed by atoms with E-state index in [1.165, 1.54) is 19.3 Å². The smallest absolute Gasteiger partial charge is 0.233 e. The molecular formula is C16H29N3O2. The zero-order valence-electron chi connectivity index (χ0n) is 13.2. The van der Waals surface area contributed by atoms with Crippen molar-refractivity contribution in [3.63, 3.8) is 0 Å². The molecule has 2 saturated carbocycles. The number of nitrogens with zero attached hydrogens (tertiary/aromatic N) is 1. The van der Waals surface area contributed by atoms with Gasteiger partial charge in [0.1, 0.15) is 5.41 Å². The van der Waals surface area contributed by atoms with Gasteiger partial charge >= 0.3 is 0 Å². The van der Waals surface area contributed by atoms with E-state index < -0.39 is 5.41 Å². The summed E-state index contributed by atoms with van der Waals surface area (Å²) in [5, 5.41) is 15.4. The van der Waals surface area contributed by atoms with Gasteiger partial charge in [-0.15, -0.1) is 0 Å². The molecule has 2 fully saturated rings. The van der Waals surface area contributed by atoms with Crippen LogP contribution in [0.2, 0.25) is 0 Å². The maximum Gasteiger partial charge on any atom is 0.233 e. The van der Waals surface area contributed by atoms with Crippen LogP contribution in [0.1, 0.15) is 71.1 Å². The van der Waals surface area contributed by atoms with Crippen molar-refractivity contribution in [2.75, 3.05) is 6.54 Å². The molecule has 1 amide bonds. The number of carbonyl (C=O) groups excluding carboxylic acids is 1. The number of nitrogens with one attached hydrogen (secondary N) is 1. The Labute approximate surface area is 127 Å². The average molecular weight is 295 g/mol. The van der Waals surface area contributed by atoms with E-state index in [-0.39, 0.29) is 11.7 Å². The van der Waals surface area contributed by atoms with Crippen LogP contribution in [0.3, 0.4) is 0 Å². The Kier molecular flexibility index (Phi) is 5.12. The largest absolute Gasteiger partial charge is 0.409 e. The summed E-state index contributed by atoms with van der Waals surface area (Å²) in [5.74, 6) is 0.0457. The van der Waals surface area contributed by atoms with E-state index in [9.17, 15) is 4.79 Å². The van der Waals surface area contributed by atoms with Gasteiger partial charge in [0, 0.05) is 6.54 Å². The lowest BCUT2D eigenvalue weighted by Crippen LogP contribution is -2.50. The van der Waals surface area contributed by atoms with E-state index in [1.807, 2.05) is 0 Å². The standard InChI is InChI=1S/C16H29N3O2/c1-2-7-15(10-11-15)12-18-14(20)16(13(17)19-21)8-5-3-4-6-9-16/h21H,2-12H2,1H3,(H2,17,19)(H,18,20). The summed E-state index contributed by atoms with van der Waals surface area (Å²) < 4.78 is 0. The summed E-state index contributed by atoms with van der Waals surface area (Å²) in [4.78, 5) is 12.8. The third-order valence-corrected chi connectivity index (χ3v) is 5.35. The zero-order chi connectivity index (χ0) is 15.3. The van der Waals surface area contributed by atoms with Gasteiger partial charge in [-0.2, -0.15) is 0 Å². The van der Waals surface area contributed by atoms with E-state index in [4.69, 9.17) is 10.9 Å². The monoisotopic (exact) mass is 295 g/mol.